The van der Waals surface area contributed by atoms with Crippen molar-refractivity contribution in [3.05, 3.63) is 48.5 Å². The second-order valence-corrected chi connectivity index (χ2v) is 10.9. The van der Waals surface area contributed by atoms with Crippen molar-refractivity contribution in [3.63, 3.8) is 0 Å². The maximum absolute atomic E-state index is 7.16. The van der Waals surface area contributed by atoms with E-state index in [9.17, 15) is 0 Å². The van der Waals surface area contributed by atoms with Crippen molar-refractivity contribution in [2.75, 3.05) is 39.3 Å². The number of benzene rings is 2. The molecular weight excluding hydrogens is 454 g/mol. The molecule has 0 unspecified atom stereocenters. The van der Waals surface area contributed by atoms with Crippen LogP contribution in [0.1, 0.15) is 38.5 Å². The van der Waals surface area contributed by atoms with E-state index in [4.69, 9.17) is 18.6 Å². The molecule has 10 heteroatoms. The molecule has 0 aliphatic carbocycles. The monoisotopic (exact) mass is 486 g/mol. The molecule has 0 aromatic heterocycles. The summed E-state index contributed by atoms with van der Waals surface area (Å²) in [5, 5.41) is 0. The quantitative estimate of drug-likeness (QED) is 0.609. The average Bonchev–Trinajstić information content (AvgIpc) is 3.60. The number of para-hydroxylation sites is 4. The first kappa shape index (κ1) is 20.9. The van der Waals surface area contributed by atoms with Gasteiger partial charge < -0.3 is 27.6 Å². The van der Waals surface area contributed by atoms with Crippen molar-refractivity contribution in [3.8, 4) is 23.0 Å². The van der Waals surface area contributed by atoms with Crippen LogP contribution in [0.3, 0.4) is 0 Å². The van der Waals surface area contributed by atoms with Gasteiger partial charge in [-0.25, -0.2) is 0 Å². The maximum Gasteiger partial charge on any atom is 0.539 e. The fourth-order valence-electron chi connectivity index (χ4n) is 7.58. The first-order valence-electron chi connectivity index (χ1n) is 13.8. The van der Waals surface area contributed by atoms with Crippen LogP contribution in [0.5, 0.6) is 23.0 Å². The van der Waals surface area contributed by atoms with E-state index in [1.165, 1.54) is 11.7 Å². The van der Waals surface area contributed by atoms with Gasteiger partial charge in [0.15, 0.2) is 0 Å². The van der Waals surface area contributed by atoms with Gasteiger partial charge in [0.05, 0.1) is 26.2 Å². The molecule has 0 radical (unpaired) electrons. The second-order valence-electron chi connectivity index (χ2n) is 10.9. The van der Waals surface area contributed by atoms with Crippen LogP contribution in [0.15, 0.2) is 48.5 Å². The average molecular weight is 486 g/mol. The zero-order chi connectivity index (χ0) is 23.7. The van der Waals surface area contributed by atoms with Gasteiger partial charge in [0.2, 0.25) is 11.7 Å². The zero-order valence-electron chi connectivity index (χ0n) is 20.7. The minimum Gasteiger partial charge on any atom is -0.661 e. The standard InChI is InChI=1S/C26H32B2N4O4/c1-2-10-22-21(9-1)33-27(31-19-7-17-29-15-5-13-25(29)31)28(34-22,36-24-12-4-3-11-23(24)35-27)32-20-8-18-30-16-6-14-26(30)32/h1-4,9-12H,5-8,13-20H2. The number of hydrogen-bond acceptors (Lipinski definition) is 6. The summed E-state index contributed by atoms with van der Waals surface area (Å²) in [5.74, 6) is 5.50. The van der Waals surface area contributed by atoms with Gasteiger partial charge in [-0.1, -0.05) is 24.3 Å². The van der Waals surface area contributed by atoms with Crippen molar-refractivity contribution < 1.29 is 27.6 Å². The fourth-order valence-corrected chi connectivity index (χ4v) is 7.58. The molecule has 2 fully saturated rings. The molecule has 2 saturated heterocycles. The number of fused-ring (bicyclic) bond motifs is 5. The van der Waals surface area contributed by atoms with Gasteiger partial charge in [0, 0.05) is 38.8 Å². The van der Waals surface area contributed by atoms with Crippen LogP contribution in [0.25, 0.3) is 0 Å². The predicted molar refractivity (Wildman–Crippen MR) is 138 cm³/mol. The Balaban J connectivity index is 1.45. The molecule has 6 heterocycles. The largest absolute Gasteiger partial charge is 0.661 e. The molecule has 0 spiro atoms. The Labute approximate surface area is 211 Å². The third-order valence-corrected chi connectivity index (χ3v) is 8.99. The molecule has 6 aliphatic heterocycles. The third kappa shape index (κ3) is 2.73. The Morgan fingerprint density at radius 3 is 1.28 bits per heavy atom. The number of hydrogen-bond donors (Lipinski definition) is 0. The lowest BCUT2D eigenvalue weighted by molar-refractivity contribution is -0.475. The van der Waals surface area contributed by atoms with Gasteiger partial charge in [-0.3, -0.25) is 9.80 Å². The van der Waals surface area contributed by atoms with Gasteiger partial charge in [0.1, 0.15) is 23.0 Å². The van der Waals surface area contributed by atoms with Crippen LogP contribution in [0.2, 0.25) is 0 Å². The van der Waals surface area contributed by atoms with Crippen LogP contribution >= 0.6 is 0 Å². The molecule has 0 N–H and O–H groups in total. The van der Waals surface area contributed by atoms with E-state index in [1.54, 1.807) is 0 Å². The number of rotatable bonds is 2. The van der Waals surface area contributed by atoms with E-state index in [2.05, 4.69) is 18.8 Å². The van der Waals surface area contributed by atoms with E-state index in [1.807, 2.05) is 48.5 Å². The van der Waals surface area contributed by atoms with Crippen molar-refractivity contribution in [1.82, 2.24) is 9.80 Å². The van der Waals surface area contributed by atoms with Gasteiger partial charge in [-0.15, -0.1) is 0 Å². The van der Waals surface area contributed by atoms with E-state index in [-0.39, 0.29) is 0 Å². The Morgan fingerprint density at radius 2 is 0.889 bits per heavy atom. The van der Waals surface area contributed by atoms with Crippen molar-refractivity contribution >= 4 is 24.8 Å². The van der Waals surface area contributed by atoms with Gasteiger partial charge in [0.25, 0.3) is 0 Å². The normalized spacial score (nSPS) is 30.2. The summed E-state index contributed by atoms with van der Waals surface area (Å²) in [7, 11) is 0. The summed E-state index contributed by atoms with van der Waals surface area (Å²) in [6.45, 7) is 1.57. The Kier molecular flexibility index (Phi) is 4.41. The van der Waals surface area contributed by atoms with Crippen LogP contribution < -0.4 is 18.6 Å². The van der Waals surface area contributed by atoms with Crippen molar-refractivity contribution in [2.45, 2.75) is 38.5 Å². The molecule has 0 atom stereocenters. The van der Waals surface area contributed by atoms with E-state index in [0.29, 0.717) is 0 Å². The van der Waals surface area contributed by atoms with Crippen LogP contribution in [0.4, 0.5) is 0 Å². The molecule has 0 bridgehead atoms. The van der Waals surface area contributed by atoms with E-state index < -0.39 is 13.2 Å². The fraction of sp³-hybridized carbons (Fsp3) is 0.462. The molecule has 0 amide bonds. The Hall–Kier alpha value is -3.29. The van der Waals surface area contributed by atoms with Gasteiger partial charge in [-0.05, 0) is 37.1 Å². The Morgan fingerprint density at radius 1 is 0.528 bits per heavy atom. The molecule has 6 aliphatic rings. The molecule has 8 nitrogen and oxygen atoms in total. The minimum absolute atomic E-state index is 0.721. The first-order chi connectivity index (χ1) is 17.8. The lowest BCUT2D eigenvalue weighted by atomic mass is 9.24. The van der Waals surface area contributed by atoms with Gasteiger partial charge >= 0.3 is 13.2 Å². The highest BCUT2D eigenvalue weighted by Gasteiger charge is 2.73. The third-order valence-electron chi connectivity index (χ3n) is 8.99. The maximum atomic E-state index is 7.16. The molecule has 2 aromatic carbocycles. The molecule has 186 valence electrons. The molecule has 2 aromatic rings. The van der Waals surface area contributed by atoms with Crippen molar-refractivity contribution in [2.24, 2.45) is 0 Å². The van der Waals surface area contributed by atoms with E-state index >= 15 is 0 Å². The highest BCUT2D eigenvalue weighted by Crippen LogP contribution is 2.48. The molecule has 0 saturated carbocycles. The lowest BCUT2D eigenvalue weighted by Gasteiger charge is -2.63. The summed E-state index contributed by atoms with van der Waals surface area (Å²) < 4.78 is 33.5. The van der Waals surface area contributed by atoms with E-state index in [0.717, 1.165) is 101 Å². The first-order valence-corrected chi connectivity index (χ1v) is 13.8. The number of nitrogens with zero attached hydrogens (tertiary/aromatic N) is 4. The SMILES string of the molecule is c1ccc2c(c1)O[B-]1([N+]3=C4CCCN4CCC3)Oc3ccccc3O[B-]1([N+]1=C3CCCN3CCC1)O2. The predicted octanol–water partition coefficient (Wildman–Crippen LogP) is 2.71. The summed E-state index contributed by atoms with van der Waals surface area (Å²) >= 11 is 0. The highest BCUT2D eigenvalue weighted by atomic mass is 16.7. The minimum atomic E-state index is -2.25. The number of amidine groups is 2. The summed E-state index contributed by atoms with van der Waals surface area (Å²) in [5.41, 5.74) is 0. The molecule has 8 rings (SSSR count). The lowest BCUT2D eigenvalue weighted by Crippen LogP contribution is -2.90. The summed E-state index contributed by atoms with van der Waals surface area (Å²) in [6.07, 6.45) is 6.46. The van der Waals surface area contributed by atoms with Crippen molar-refractivity contribution in [1.29, 1.82) is 0 Å². The summed E-state index contributed by atoms with van der Waals surface area (Å²) in [6, 6.07) is 16.0. The second kappa shape index (κ2) is 7.60. The smallest absolute Gasteiger partial charge is 0.539 e. The summed E-state index contributed by atoms with van der Waals surface area (Å²) in [4.78, 5) is 5.03. The van der Waals surface area contributed by atoms with Crippen LogP contribution in [-0.4, -0.2) is 82.9 Å². The molecule has 36 heavy (non-hydrogen) atoms. The molecular formula is C26H32B2N4O4. The van der Waals surface area contributed by atoms with Gasteiger partial charge in [-0.2, -0.15) is 0 Å². The highest BCUT2D eigenvalue weighted by molar-refractivity contribution is 7.26. The Bertz CT molecular complexity index is 1160. The van der Waals surface area contributed by atoms with Crippen LogP contribution in [0, 0.1) is 0 Å². The van der Waals surface area contributed by atoms with Crippen LogP contribution in [-0.2, 0) is 0 Å². The zero-order valence-corrected chi connectivity index (χ0v) is 20.7. The topological polar surface area (TPSA) is 49.4 Å².